The summed E-state index contributed by atoms with van der Waals surface area (Å²) < 4.78 is 0. The van der Waals surface area contributed by atoms with Crippen LogP contribution in [0.25, 0.3) is 0 Å². The molecule has 2 aromatic rings. The van der Waals surface area contributed by atoms with Crippen molar-refractivity contribution in [1.82, 2.24) is 9.80 Å². The van der Waals surface area contributed by atoms with E-state index in [9.17, 15) is 4.79 Å². The zero-order chi connectivity index (χ0) is 21.1. The molecule has 1 aliphatic carbocycles. The second-order valence-corrected chi connectivity index (χ2v) is 9.23. The van der Waals surface area contributed by atoms with Crippen molar-refractivity contribution in [1.29, 1.82) is 0 Å². The zero-order valence-corrected chi connectivity index (χ0v) is 18.3. The number of hydrogen-bond acceptors (Lipinski definition) is 3. The standard InChI is InChI=1S/C26H35N3O/c1-20(2)28-15-17-29(18-16-28)24-14-13-23(19-24)26(25(27)30,21-9-5-3-6-10-21)22-11-7-4-8-12-22/h3-12,20,23-24H,13-19H2,1-2H3,(H2,27,30). The maximum Gasteiger partial charge on any atom is 0.232 e. The first kappa shape index (κ1) is 21.1. The lowest BCUT2D eigenvalue weighted by molar-refractivity contribution is -0.124. The highest BCUT2D eigenvalue weighted by molar-refractivity contribution is 5.91. The number of primary amides is 1. The van der Waals surface area contributed by atoms with Gasteiger partial charge in [-0.15, -0.1) is 0 Å². The van der Waals surface area contributed by atoms with Gasteiger partial charge in [-0.2, -0.15) is 0 Å². The van der Waals surface area contributed by atoms with E-state index in [0.717, 1.165) is 56.6 Å². The van der Waals surface area contributed by atoms with E-state index < -0.39 is 5.41 Å². The molecule has 0 radical (unpaired) electrons. The molecule has 30 heavy (non-hydrogen) atoms. The monoisotopic (exact) mass is 405 g/mol. The van der Waals surface area contributed by atoms with Gasteiger partial charge in [-0.3, -0.25) is 14.6 Å². The van der Waals surface area contributed by atoms with E-state index in [4.69, 9.17) is 5.73 Å². The highest BCUT2D eigenvalue weighted by Crippen LogP contribution is 2.47. The summed E-state index contributed by atoms with van der Waals surface area (Å²) in [7, 11) is 0. The van der Waals surface area contributed by atoms with E-state index in [1.807, 2.05) is 36.4 Å². The van der Waals surface area contributed by atoms with Crippen LogP contribution in [0.1, 0.15) is 44.2 Å². The normalized spacial score (nSPS) is 23.7. The Morgan fingerprint density at radius 2 is 1.43 bits per heavy atom. The molecule has 2 N–H and O–H groups in total. The predicted octanol–water partition coefficient (Wildman–Crippen LogP) is 3.65. The second-order valence-electron chi connectivity index (χ2n) is 9.23. The smallest absolute Gasteiger partial charge is 0.232 e. The lowest BCUT2D eigenvalue weighted by atomic mass is 9.64. The van der Waals surface area contributed by atoms with Gasteiger partial charge in [-0.05, 0) is 50.2 Å². The van der Waals surface area contributed by atoms with E-state index in [2.05, 4.69) is 47.9 Å². The minimum Gasteiger partial charge on any atom is -0.369 e. The lowest BCUT2D eigenvalue weighted by Crippen LogP contribution is -2.52. The molecule has 0 bridgehead atoms. The van der Waals surface area contributed by atoms with Crippen molar-refractivity contribution in [2.24, 2.45) is 11.7 Å². The Morgan fingerprint density at radius 3 is 1.90 bits per heavy atom. The van der Waals surface area contributed by atoms with Gasteiger partial charge < -0.3 is 5.73 Å². The van der Waals surface area contributed by atoms with Crippen molar-refractivity contribution in [2.75, 3.05) is 26.2 Å². The first-order chi connectivity index (χ1) is 14.5. The van der Waals surface area contributed by atoms with Gasteiger partial charge in [0, 0.05) is 38.3 Å². The third kappa shape index (κ3) is 3.79. The van der Waals surface area contributed by atoms with Crippen molar-refractivity contribution in [3.8, 4) is 0 Å². The SMILES string of the molecule is CC(C)N1CCN(C2CCC(C(C(N)=O)(c3ccccc3)c3ccccc3)C2)CC1. The minimum absolute atomic E-state index is 0.216. The van der Waals surface area contributed by atoms with Crippen molar-refractivity contribution in [2.45, 2.75) is 50.6 Å². The summed E-state index contributed by atoms with van der Waals surface area (Å²) in [6.45, 7) is 9.07. The molecule has 4 heteroatoms. The fourth-order valence-corrected chi connectivity index (χ4v) is 5.83. The van der Waals surface area contributed by atoms with Crippen LogP contribution in [0.15, 0.2) is 60.7 Å². The molecule has 160 valence electrons. The molecule has 2 fully saturated rings. The molecule has 4 nitrogen and oxygen atoms in total. The molecule has 1 saturated heterocycles. The maximum absolute atomic E-state index is 13.2. The van der Waals surface area contributed by atoms with Crippen LogP contribution in [-0.2, 0) is 10.2 Å². The summed E-state index contributed by atoms with van der Waals surface area (Å²) in [6, 6.07) is 21.6. The van der Waals surface area contributed by atoms with Gasteiger partial charge in [0.1, 0.15) is 5.41 Å². The van der Waals surface area contributed by atoms with Crippen molar-refractivity contribution in [3.63, 3.8) is 0 Å². The average molecular weight is 406 g/mol. The Labute approximate surface area is 181 Å². The van der Waals surface area contributed by atoms with Gasteiger partial charge in [0.25, 0.3) is 0 Å². The van der Waals surface area contributed by atoms with Crippen LogP contribution in [0, 0.1) is 5.92 Å². The molecule has 1 saturated carbocycles. The van der Waals surface area contributed by atoms with E-state index in [1.165, 1.54) is 0 Å². The molecule has 1 aliphatic heterocycles. The van der Waals surface area contributed by atoms with Crippen LogP contribution in [0.4, 0.5) is 0 Å². The Hall–Kier alpha value is -2.17. The third-order valence-electron chi connectivity index (χ3n) is 7.46. The van der Waals surface area contributed by atoms with E-state index in [0.29, 0.717) is 12.1 Å². The first-order valence-electron chi connectivity index (χ1n) is 11.4. The fraction of sp³-hybridized carbons (Fsp3) is 0.500. The second kappa shape index (κ2) is 8.91. The van der Waals surface area contributed by atoms with Crippen LogP contribution in [0.3, 0.4) is 0 Å². The number of amides is 1. The number of piperazine rings is 1. The Balaban J connectivity index is 1.62. The summed E-state index contributed by atoms with van der Waals surface area (Å²) in [6.07, 6.45) is 3.19. The predicted molar refractivity (Wildman–Crippen MR) is 122 cm³/mol. The average Bonchev–Trinajstić information content (AvgIpc) is 3.26. The van der Waals surface area contributed by atoms with E-state index >= 15 is 0 Å². The maximum atomic E-state index is 13.2. The van der Waals surface area contributed by atoms with Gasteiger partial charge in [-0.1, -0.05) is 60.7 Å². The van der Waals surface area contributed by atoms with Crippen LogP contribution in [0.5, 0.6) is 0 Å². The Morgan fingerprint density at radius 1 is 0.900 bits per heavy atom. The minimum atomic E-state index is -0.767. The van der Waals surface area contributed by atoms with Gasteiger partial charge >= 0.3 is 0 Å². The molecule has 1 heterocycles. The summed E-state index contributed by atoms with van der Waals surface area (Å²) in [4.78, 5) is 18.4. The summed E-state index contributed by atoms with van der Waals surface area (Å²) >= 11 is 0. The Bertz CT molecular complexity index is 788. The molecule has 0 spiro atoms. The lowest BCUT2D eigenvalue weighted by Gasteiger charge is -2.41. The highest BCUT2D eigenvalue weighted by atomic mass is 16.1. The molecule has 1 amide bonds. The molecular weight excluding hydrogens is 370 g/mol. The molecule has 0 aromatic heterocycles. The van der Waals surface area contributed by atoms with Crippen molar-refractivity contribution >= 4 is 5.91 Å². The number of carbonyl (C=O) groups is 1. The van der Waals surface area contributed by atoms with Crippen LogP contribution in [-0.4, -0.2) is 54.0 Å². The van der Waals surface area contributed by atoms with Crippen LogP contribution < -0.4 is 5.73 Å². The van der Waals surface area contributed by atoms with Crippen LogP contribution in [0.2, 0.25) is 0 Å². The van der Waals surface area contributed by atoms with Gasteiger partial charge in [-0.25, -0.2) is 0 Å². The van der Waals surface area contributed by atoms with Crippen molar-refractivity contribution in [3.05, 3.63) is 71.8 Å². The van der Waals surface area contributed by atoms with E-state index in [1.54, 1.807) is 0 Å². The van der Waals surface area contributed by atoms with Crippen molar-refractivity contribution < 1.29 is 4.79 Å². The largest absolute Gasteiger partial charge is 0.369 e. The first-order valence-corrected chi connectivity index (χ1v) is 11.4. The zero-order valence-electron chi connectivity index (χ0n) is 18.3. The van der Waals surface area contributed by atoms with E-state index in [-0.39, 0.29) is 11.8 Å². The summed E-state index contributed by atoms with van der Waals surface area (Å²) in [5.41, 5.74) is 7.52. The number of rotatable bonds is 6. The van der Waals surface area contributed by atoms with Gasteiger partial charge in [0.15, 0.2) is 0 Å². The number of nitrogens with two attached hydrogens (primary N) is 1. The third-order valence-corrected chi connectivity index (χ3v) is 7.46. The quantitative estimate of drug-likeness (QED) is 0.798. The summed E-state index contributed by atoms with van der Waals surface area (Å²) in [5, 5.41) is 0. The van der Waals surface area contributed by atoms with Gasteiger partial charge in [0.05, 0.1) is 0 Å². The Kier molecular flexibility index (Phi) is 6.26. The topological polar surface area (TPSA) is 49.6 Å². The fourth-order valence-electron chi connectivity index (χ4n) is 5.83. The number of hydrogen-bond donors (Lipinski definition) is 1. The number of nitrogens with zero attached hydrogens (tertiary/aromatic N) is 2. The number of carbonyl (C=O) groups excluding carboxylic acids is 1. The molecule has 2 unspecified atom stereocenters. The molecule has 2 atom stereocenters. The molecule has 2 aromatic carbocycles. The van der Waals surface area contributed by atoms with Gasteiger partial charge in [0.2, 0.25) is 5.91 Å². The molecule has 2 aliphatic rings. The molecular formula is C26H35N3O. The number of benzene rings is 2. The molecule has 4 rings (SSSR count). The van der Waals surface area contributed by atoms with Crippen LogP contribution >= 0.6 is 0 Å². The summed E-state index contributed by atoms with van der Waals surface area (Å²) in [5.74, 6) is -0.0110. The highest BCUT2D eigenvalue weighted by Gasteiger charge is 2.50.